The monoisotopic (exact) mass is 178 g/mol. The predicted molar refractivity (Wildman–Crippen MR) is 51.1 cm³/mol. The van der Waals surface area contributed by atoms with E-state index >= 15 is 0 Å². The second-order valence-corrected chi connectivity index (χ2v) is 3.42. The molecule has 0 radical (unpaired) electrons. The summed E-state index contributed by atoms with van der Waals surface area (Å²) in [5.41, 5.74) is 1.27. The van der Waals surface area contributed by atoms with Gasteiger partial charge in [-0.2, -0.15) is 0 Å². The van der Waals surface area contributed by atoms with Gasteiger partial charge in [-0.15, -0.1) is 0 Å². The summed E-state index contributed by atoms with van der Waals surface area (Å²) in [5.74, 6) is 1.40. The lowest BCUT2D eigenvalue weighted by atomic mass is 9.97. The van der Waals surface area contributed by atoms with E-state index < -0.39 is 0 Å². The number of methoxy groups -OCH3 is 1. The van der Waals surface area contributed by atoms with Crippen LogP contribution in [0.3, 0.4) is 0 Å². The summed E-state index contributed by atoms with van der Waals surface area (Å²) < 4.78 is 10.9. The Bertz CT molecular complexity index is 296. The van der Waals surface area contributed by atoms with Crippen molar-refractivity contribution in [1.82, 2.24) is 0 Å². The van der Waals surface area contributed by atoms with E-state index in [-0.39, 0.29) is 6.10 Å². The summed E-state index contributed by atoms with van der Waals surface area (Å²) in [6, 6.07) is 8.17. The molecule has 2 unspecified atom stereocenters. The first-order chi connectivity index (χ1) is 6.33. The standard InChI is InChI=1S/C11H14O2/c1-8-10(7-12-2)9-5-3-4-6-11(9)13-8/h3-6,8,10H,7H2,1-2H3. The largest absolute Gasteiger partial charge is 0.490 e. The minimum atomic E-state index is 0.234. The van der Waals surface area contributed by atoms with E-state index in [1.807, 2.05) is 18.2 Å². The molecule has 13 heavy (non-hydrogen) atoms. The molecule has 70 valence electrons. The molecule has 0 aliphatic carbocycles. The van der Waals surface area contributed by atoms with Crippen LogP contribution in [0, 0.1) is 0 Å². The van der Waals surface area contributed by atoms with Gasteiger partial charge in [0, 0.05) is 18.6 Å². The molecule has 1 aromatic carbocycles. The Hall–Kier alpha value is -1.02. The number of hydrogen-bond donors (Lipinski definition) is 0. The summed E-state index contributed by atoms with van der Waals surface area (Å²) in [6.07, 6.45) is 0.234. The van der Waals surface area contributed by atoms with Gasteiger partial charge in [0.25, 0.3) is 0 Å². The molecule has 0 amide bonds. The van der Waals surface area contributed by atoms with E-state index in [4.69, 9.17) is 9.47 Å². The predicted octanol–water partition coefficient (Wildman–Crippen LogP) is 2.20. The first kappa shape index (κ1) is 8.57. The molecule has 0 fully saturated rings. The quantitative estimate of drug-likeness (QED) is 0.691. The summed E-state index contributed by atoms with van der Waals surface area (Å²) in [4.78, 5) is 0. The first-order valence-corrected chi connectivity index (χ1v) is 4.57. The minimum absolute atomic E-state index is 0.234. The molecule has 0 aromatic heterocycles. The van der Waals surface area contributed by atoms with Crippen LogP contribution in [0.5, 0.6) is 5.75 Å². The van der Waals surface area contributed by atoms with Crippen LogP contribution < -0.4 is 4.74 Å². The van der Waals surface area contributed by atoms with Crippen LogP contribution in [0.15, 0.2) is 24.3 Å². The second-order valence-electron chi connectivity index (χ2n) is 3.42. The van der Waals surface area contributed by atoms with E-state index in [1.54, 1.807) is 7.11 Å². The van der Waals surface area contributed by atoms with Crippen LogP contribution in [0.25, 0.3) is 0 Å². The van der Waals surface area contributed by atoms with Crippen LogP contribution in [-0.2, 0) is 4.74 Å². The van der Waals surface area contributed by atoms with Crippen LogP contribution in [0.4, 0.5) is 0 Å². The highest BCUT2D eigenvalue weighted by Crippen LogP contribution is 2.37. The molecular formula is C11H14O2. The van der Waals surface area contributed by atoms with Crippen molar-refractivity contribution in [1.29, 1.82) is 0 Å². The zero-order valence-corrected chi connectivity index (χ0v) is 7.99. The maximum Gasteiger partial charge on any atom is 0.123 e. The summed E-state index contributed by atoms with van der Waals surface area (Å²) in [5, 5.41) is 0. The van der Waals surface area contributed by atoms with Gasteiger partial charge in [-0.3, -0.25) is 0 Å². The van der Waals surface area contributed by atoms with Crippen molar-refractivity contribution in [3.05, 3.63) is 29.8 Å². The van der Waals surface area contributed by atoms with Gasteiger partial charge in [0.1, 0.15) is 11.9 Å². The number of ether oxygens (including phenoxy) is 2. The zero-order chi connectivity index (χ0) is 9.26. The highest BCUT2D eigenvalue weighted by atomic mass is 16.5. The Balaban J connectivity index is 2.29. The topological polar surface area (TPSA) is 18.5 Å². The van der Waals surface area contributed by atoms with E-state index in [9.17, 15) is 0 Å². The number of benzene rings is 1. The van der Waals surface area contributed by atoms with Gasteiger partial charge in [0.05, 0.1) is 6.61 Å². The maximum absolute atomic E-state index is 5.69. The highest BCUT2D eigenvalue weighted by Gasteiger charge is 2.30. The van der Waals surface area contributed by atoms with Crippen molar-refractivity contribution in [2.75, 3.05) is 13.7 Å². The molecule has 2 atom stereocenters. The maximum atomic E-state index is 5.69. The molecule has 1 aliphatic heterocycles. The normalized spacial score (nSPS) is 25.4. The molecular weight excluding hydrogens is 164 g/mol. The molecule has 0 N–H and O–H groups in total. The average molecular weight is 178 g/mol. The van der Waals surface area contributed by atoms with E-state index in [0.29, 0.717) is 5.92 Å². The zero-order valence-electron chi connectivity index (χ0n) is 7.99. The Morgan fingerprint density at radius 1 is 1.38 bits per heavy atom. The number of fused-ring (bicyclic) bond motifs is 1. The number of hydrogen-bond acceptors (Lipinski definition) is 2. The smallest absolute Gasteiger partial charge is 0.123 e. The van der Waals surface area contributed by atoms with Crippen LogP contribution >= 0.6 is 0 Å². The Morgan fingerprint density at radius 2 is 2.15 bits per heavy atom. The van der Waals surface area contributed by atoms with Gasteiger partial charge >= 0.3 is 0 Å². The molecule has 2 nitrogen and oxygen atoms in total. The third-order valence-corrected chi connectivity index (χ3v) is 2.54. The fourth-order valence-electron chi connectivity index (χ4n) is 1.83. The molecule has 2 heteroatoms. The third-order valence-electron chi connectivity index (χ3n) is 2.54. The van der Waals surface area contributed by atoms with Gasteiger partial charge in [0.2, 0.25) is 0 Å². The summed E-state index contributed by atoms with van der Waals surface area (Å²) in [6.45, 7) is 2.82. The van der Waals surface area contributed by atoms with Gasteiger partial charge < -0.3 is 9.47 Å². The van der Waals surface area contributed by atoms with Crippen LogP contribution in [-0.4, -0.2) is 19.8 Å². The van der Waals surface area contributed by atoms with Crippen molar-refractivity contribution >= 4 is 0 Å². The third kappa shape index (κ3) is 1.42. The summed E-state index contributed by atoms with van der Waals surface area (Å²) in [7, 11) is 1.73. The van der Waals surface area contributed by atoms with E-state index in [0.717, 1.165) is 12.4 Å². The number of para-hydroxylation sites is 1. The lowest BCUT2D eigenvalue weighted by Crippen LogP contribution is -2.18. The van der Waals surface area contributed by atoms with Gasteiger partial charge in [-0.05, 0) is 13.0 Å². The Morgan fingerprint density at radius 3 is 2.92 bits per heavy atom. The van der Waals surface area contributed by atoms with Crippen molar-refractivity contribution in [2.24, 2.45) is 0 Å². The molecule has 1 aromatic rings. The van der Waals surface area contributed by atoms with Gasteiger partial charge in [-0.25, -0.2) is 0 Å². The average Bonchev–Trinajstić information content (AvgIpc) is 2.44. The fraction of sp³-hybridized carbons (Fsp3) is 0.455. The van der Waals surface area contributed by atoms with Crippen molar-refractivity contribution < 1.29 is 9.47 Å². The Kier molecular flexibility index (Phi) is 2.23. The van der Waals surface area contributed by atoms with Crippen LogP contribution in [0.2, 0.25) is 0 Å². The van der Waals surface area contributed by atoms with Crippen molar-refractivity contribution in [3.8, 4) is 5.75 Å². The molecule has 1 aliphatic rings. The molecule has 0 saturated carbocycles. The van der Waals surface area contributed by atoms with Crippen molar-refractivity contribution in [2.45, 2.75) is 18.9 Å². The Labute approximate surface area is 78.5 Å². The molecule has 0 saturated heterocycles. The number of rotatable bonds is 2. The van der Waals surface area contributed by atoms with E-state index in [1.165, 1.54) is 5.56 Å². The first-order valence-electron chi connectivity index (χ1n) is 4.57. The molecule has 0 spiro atoms. The molecule has 2 rings (SSSR count). The fourth-order valence-corrected chi connectivity index (χ4v) is 1.83. The van der Waals surface area contributed by atoms with Gasteiger partial charge in [0.15, 0.2) is 0 Å². The second kappa shape index (κ2) is 3.38. The van der Waals surface area contributed by atoms with Crippen LogP contribution in [0.1, 0.15) is 18.4 Å². The minimum Gasteiger partial charge on any atom is -0.490 e. The highest BCUT2D eigenvalue weighted by molar-refractivity contribution is 5.40. The lowest BCUT2D eigenvalue weighted by Gasteiger charge is -2.12. The van der Waals surface area contributed by atoms with Gasteiger partial charge in [-0.1, -0.05) is 18.2 Å². The summed E-state index contributed by atoms with van der Waals surface area (Å²) >= 11 is 0. The van der Waals surface area contributed by atoms with Crippen molar-refractivity contribution in [3.63, 3.8) is 0 Å². The molecule has 1 heterocycles. The SMILES string of the molecule is COCC1c2ccccc2OC1C. The van der Waals surface area contributed by atoms with E-state index in [2.05, 4.69) is 13.0 Å². The lowest BCUT2D eigenvalue weighted by molar-refractivity contribution is 0.133. The molecule has 0 bridgehead atoms.